The van der Waals surface area contributed by atoms with E-state index in [1.54, 1.807) is 7.05 Å². The first-order chi connectivity index (χ1) is 23.0. The van der Waals surface area contributed by atoms with Gasteiger partial charge in [-0.1, -0.05) is 0 Å². The molecule has 0 saturated heterocycles. The summed E-state index contributed by atoms with van der Waals surface area (Å²) in [4.78, 5) is 89.6. The van der Waals surface area contributed by atoms with Crippen LogP contribution < -0.4 is 64.6 Å². The number of amides is 8. The van der Waals surface area contributed by atoms with Crippen molar-refractivity contribution >= 4 is 110 Å². The number of nitrogens with zero attached hydrogens (tertiary/aromatic N) is 5. The monoisotopic (exact) mass is 805 g/mol. The summed E-state index contributed by atoms with van der Waals surface area (Å²) in [6.45, 7) is 0.334. The zero-order valence-corrected chi connectivity index (χ0v) is 33.1. The largest absolute Gasteiger partial charge is 0.341 e. The maximum atomic E-state index is 10.5. The van der Waals surface area contributed by atoms with Crippen molar-refractivity contribution in [1.29, 1.82) is 0 Å². The Bertz CT molecular complexity index is 920. The number of aliphatic imine (C=N–C) groups is 1. The predicted molar refractivity (Wildman–Crippen MR) is 199 cm³/mol. The molecule has 0 aromatic rings. The third kappa shape index (κ3) is 133. The van der Waals surface area contributed by atoms with E-state index in [1.807, 2.05) is 28.2 Å². The van der Waals surface area contributed by atoms with Crippen molar-refractivity contribution in [1.82, 2.24) is 41.6 Å². The van der Waals surface area contributed by atoms with Gasteiger partial charge in [0.25, 0.3) is 0 Å². The Kier molecular flexibility index (Phi) is 117. The number of urea groups is 4. The fourth-order valence-corrected chi connectivity index (χ4v) is 1.42. The highest BCUT2D eigenvalue weighted by atomic mass is 31.1. The molecule has 8 amide bonds. The molecule has 0 aromatic heterocycles. The molecule has 278 valence electrons. The molecule has 0 aromatic carbocycles. The van der Waals surface area contributed by atoms with E-state index in [4.69, 9.17) is 9.59 Å². The second-order valence-corrected chi connectivity index (χ2v) is 6.97. The topological polar surface area (TPSA) is 416 Å². The van der Waals surface area contributed by atoms with Gasteiger partial charge in [-0.05, 0) is 42.3 Å². The quantitative estimate of drug-likeness (QED) is 0.0546. The highest BCUT2D eigenvalue weighted by molar-refractivity contribution is 7.35. The Labute approximate surface area is 290 Å². The first-order valence-corrected chi connectivity index (χ1v) is 15.2. The van der Waals surface area contributed by atoms with Crippen molar-refractivity contribution in [2.75, 3.05) is 48.6 Å². The smallest absolute Gasteiger partial charge is 0.319 e. The molecule has 48 heavy (non-hydrogen) atoms. The lowest BCUT2D eigenvalue weighted by Gasteiger charge is -2.04. The Hall–Kier alpha value is -3.60. The van der Waals surface area contributed by atoms with Gasteiger partial charge in [-0.2, -0.15) is 19.1 Å². The van der Waals surface area contributed by atoms with Crippen LogP contribution in [0.5, 0.6) is 0 Å². The molecule has 26 nitrogen and oxygen atoms in total. The molecule has 0 heterocycles. The molecule has 0 aliphatic rings. The molecule has 0 saturated carbocycles. The van der Waals surface area contributed by atoms with Crippen molar-refractivity contribution in [3.05, 3.63) is 0 Å². The summed E-state index contributed by atoms with van der Waals surface area (Å²) in [5.74, 6) is 0. The van der Waals surface area contributed by atoms with Crippen molar-refractivity contribution in [3.8, 4) is 0 Å². The molecular weight excluding hydrogens is 760 g/mol. The van der Waals surface area contributed by atoms with E-state index in [9.17, 15) is 33.6 Å². The molecule has 0 aliphatic heterocycles. The number of carbonyl (C=O) groups is 4. The number of hydrogen-bond acceptors (Lipinski definition) is 18. The number of carbonyl (C=O) groups excluding carboxylic acids is 9. The maximum absolute atomic E-state index is 10.5. The Morgan fingerprint density at radius 1 is 0.646 bits per heavy atom. The zero-order valence-electron chi connectivity index (χ0n) is 26.4. The predicted octanol–water partition coefficient (Wildman–Crippen LogP) is -3.17. The highest BCUT2D eigenvalue weighted by Gasteiger charge is 1.96. The van der Waals surface area contributed by atoms with Gasteiger partial charge in [0, 0.05) is 37.2 Å². The molecule has 5 atom stereocenters. The minimum absolute atomic E-state index is 0.0838. The number of rotatable bonds is 6. The number of hydrogen-bond donors (Lipinski definition) is 12. The van der Waals surface area contributed by atoms with Crippen molar-refractivity contribution in [2.45, 2.75) is 0 Å². The van der Waals surface area contributed by atoms with Crippen molar-refractivity contribution in [2.24, 2.45) is 47.0 Å². The van der Waals surface area contributed by atoms with Gasteiger partial charge in [-0.15, -0.1) is 0 Å². The molecule has 16 N–H and O–H groups in total. The third-order valence-electron chi connectivity index (χ3n) is 1.95. The van der Waals surface area contributed by atoms with Crippen LogP contribution in [0.15, 0.2) is 24.0 Å². The molecule has 5 unspecified atom stereocenters. The summed E-state index contributed by atoms with van der Waals surface area (Å²) in [6, 6.07) is -1.30. The van der Waals surface area contributed by atoms with Crippen LogP contribution in [0.25, 0.3) is 0 Å². The molecule has 0 spiro atoms. The zero-order chi connectivity index (χ0) is 39.9. The lowest BCUT2D eigenvalue weighted by Crippen LogP contribution is -2.41. The van der Waals surface area contributed by atoms with Crippen LogP contribution >= 0.6 is 55.3 Å². The van der Waals surface area contributed by atoms with E-state index in [0.29, 0.717) is 0 Å². The summed E-state index contributed by atoms with van der Waals surface area (Å²) in [7, 11) is 14.8. The Balaban J connectivity index is -0.0000000538. The van der Waals surface area contributed by atoms with Gasteiger partial charge in [0.05, 0.1) is 6.67 Å². The van der Waals surface area contributed by atoms with E-state index >= 15 is 0 Å². The van der Waals surface area contributed by atoms with Gasteiger partial charge in [-0.25, -0.2) is 48.1 Å². The molecular formula is C16H45N17O9P6. The van der Waals surface area contributed by atoms with E-state index in [0.717, 1.165) is 0 Å². The van der Waals surface area contributed by atoms with Crippen LogP contribution in [-0.4, -0.2) is 103 Å². The Morgan fingerprint density at radius 2 is 0.958 bits per heavy atom. The second-order valence-electron chi connectivity index (χ2n) is 4.50. The first kappa shape index (κ1) is 66.7. The average Bonchev–Trinajstić information content (AvgIpc) is 3.14. The molecule has 0 bridgehead atoms. The molecule has 0 aliphatic carbocycles. The highest BCUT2D eigenvalue weighted by Crippen LogP contribution is 2.07. The number of nitrogens with two attached hydrogens (primary N) is 4. The summed E-state index contributed by atoms with van der Waals surface area (Å²) < 4.78 is 11.9. The summed E-state index contributed by atoms with van der Waals surface area (Å²) in [5, 5.41) is 18.4. The van der Waals surface area contributed by atoms with Gasteiger partial charge in [0.1, 0.15) is 8.88 Å². The first-order valence-electron chi connectivity index (χ1n) is 11.1. The summed E-state index contributed by atoms with van der Waals surface area (Å²) in [5.41, 5.74) is 18.2. The van der Waals surface area contributed by atoms with Crippen LogP contribution in [-0.2, 0) is 24.0 Å². The summed E-state index contributed by atoms with van der Waals surface area (Å²) >= 11 is 0. The van der Waals surface area contributed by atoms with Gasteiger partial charge < -0.3 is 64.6 Å². The van der Waals surface area contributed by atoms with Gasteiger partial charge >= 0.3 is 24.1 Å². The van der Waals surface area contributed by atoms with Crippen LogP contribution in [0.4, 0.5) is 19.2 Å². The van der Waals surface area contributed by atoms with E-state index < -0.39 is 0 Å². The molecule has 0 fully saturated rings. The van der Waals surface area contributed by atoms with Crippen LogP contribution in [0.3, 0.4) is 0 Å². The van der Waals surface area contributed by atoms with Crippen LogP contribution in [0.1, 0.15) is 0 Å². The molecule has 0 rings (SSSR count). The van der Waals surface area contributed by atoms with Crippen LogP contribution in [0.2, 0.25) is 0 Å². The third-order valence-corrected chi connectivity index (χ3v) is 3.77. The fraction of sp³-hybridized carbons (Fsp3) is 0.438. The van der Waals surface area contributed by atoms with Gasteiger partial charge in [0.15, 0.2) is 8.88 Å². The standard InChI is InChI=1S/C3H10N4O2P2.C3H6N3O2P.C2HN2O2P.C2H7N2OP.C2H3NO.CH6N2.CH2NOP.2CH5N/c8-2(6-10)4-1-5-3(9)7-11;1-4-3(8)6-9-5-2-7;5-1-3-7-4-2-6;1-3-2(5)4-6;1-3-2-4;2-1-3;3-1-2-4;2*1-2/h1,10-11H2,(H2,4,6,8)(H2,5,7,9);9H,1H3,(H2,4,6,8);7H;6H2,1H3,(H2,3,4,5);1H3;1-3H2;4H2;2*2H2,1H3. The van der Waals surface area contributed by atoms with Crippen molar-refractivity contribution in [3.63, 3.8) is 0 Å². The number of nitrogens with one attached hydrogen (secondary N) is 8. The van der Waals surface area contributed by atoms with E-state index in [2.05, 4.69) is 98.0 Å². The molecule has 32 heteroatoms. The maximum Gasteiger partial charge on any atom is 0.319 e. The summed E-state index contributed by atoms with van der Waals surface area (Å²) in [6.07, 6.45) is 6.30. The normalized spacial score (nSPS) is 6.77. The van der Waals surface area contributed by atoms with E-state index in [1.165, 1.54) is 58.6 Å². The Morgan fingerprint density at radius 3 is 1.15 bits per heavy atom. The number of isocyanates is 5. The van der Waals surface area contributed by atoms with Crippen molar-refractivity contribution < 1.29 is 43.2 Å². The minimum atomic E-state index is -0.376. The van der Waals surface area contributed by atoms with E-state index in [-0.39, 0.29) is 55.2 Å². The van der Waals surface area contributed by atoms with Gasteiger partial charge in [0.2, 0.25) is 30.4 Å². The van der Waals surface area contributed by atoms with Gasteiger partial charge in [-0.3, -0.25) is 0 Å². The second kappa shape index (κ2) is 84.4. The lowest BCUT2D eigenvalue weighted by molar-refractivity contribution is 0.240. The lowest BCUT2D eigenvalue weighted by atomic mass is 10.9. The molecule has 0 radical (unpaired) electrons. The van der Waals surface area contributed by atoms with Crippen LogP contribution in [0, 0.1) is 0 Å². The average molecular weight is 805 g/mol. The fourth-order valence-electron chi connectivity index (χ4n) is 0.609. The SMILES string of the molecule is CN.CN.CN=C=O.CNC(=O)NP.CNC(=O)NPN=C=O.NCN.O=C(NP)NCNC(=O)NP.O=C=NP.O=C=NPN=C=O. The minimum Gasteiger partial charge on any atom is -0.341 e.